The summed E-state index contributed by atoms with van der Waals surface area (Å²) in [6.07, 6.45) is 9.74. The van der Waals surface area contributed by atoms with E-state index in [2.05, 4.69) is 31.1 Å². The second-order valence-electron chi connectivity index (χ2n) is 6.91. The highest BCUT2D eigenvalue weighted by atomic mass is 15.2. The van der Waals surface area contributed by atoms with Crippen molar-refractivity contribution in [2.24, 2.45) is 5.41 Å². The molecule has 1 saturated carbocycles. The van der Waals surface area contributed by atoms with Crippen molar-refractivity contribution in [1.29, 1.82) is 0 Å². The SMILES string of the molecule is CN(C1CCCNCC1)C1CCCC(C)(C)C1. The Balaban J connectivity index is 1.91. The van der Waals surface area contributed by atoms with Gasteiger partial charge in [0.15, 0.2) is 0 Å². The lowest BCUT2D eigenvalue weighted by Crippen LogP contribution is -2.44. The third-order valence-corrected chi connectivity index (χ3v) is 4.88. The summed E-state index contributed by atoms with van der Waals surface area (Å²) >= 11 is 0. The first-order chi connectivity index (χ1) is 8.08. The van der Waals surface area contributed by atoms with E-state index in [1.807, 2.05) is 0 Å². The maximum Gasteiger partial charge on any atom is 0.0108 e. The van der Waals surface area contributed by atoms with E-state index in [9.17, 15) is 0 Å². The molecule has 0 aromatic rings. The Morgan fingerprint density at radius 3 is 2.53 bits per heavy atom. The van der Waals surface area contributed by atoms with Gasteiger partial charge in [0.2, 0.25) is 0 Å². The molecule has 0 spiro atoms. The zero-order chi connectivity index (χ0) is 12.3. The summed E-state index contributed by atoms with van der Waals surface area (Å²) in [5, 5.41) is 3.52. The molecule has 2 aliphatic rings. The van der Waals surface area contributed by atoms with E-state index < -0.39 is 0 Å². The lowest BCUT2D eigenvalue weighted by atomic mass is 9.74. The van der Waals surface area contributed by atoms with E-state index >= 15 is 0 Å². The molecule has 2 atom stereocenters. The van der Waals surface area contributed by atoms with Crippen LogP contribution in [0.1, 0.15) is 58.8 Å². The molecule has 1 saturated heterocycles. The van der Waals surface area contributed by atoms with Gasteiger partial charge in [-0.05, 0) is 64.1 Å². The van der Waals surface area contributed by atoms with Gasteiger partial charge in [0.05, 0.1) is 0 Å². The van der Waals surface area contributed by atoms with E-state index in [1.54, 1.807) is 0 Å². The fourth-order valence-corrected chi connectivity index (χ4v) is 3.71. The van der Waals surface area contributed by atoms with Crippen molar-refractivity contribution in [3.8, 4) is 0 Å². The first-order valence-electron chi connectivity index (χ1n) is 7.51. The van der Waals surface area contributed by atoms with Gasteiger partial charge in [0.25, 0.3) is 0 Å². The van der Waals surface area contributed by atoms with Gasteiger partial charge in [0.1, 0.15) is 0 Å². The van der Waals surface area contributed by atoms with Crippen LogP contribution in [0.4, 0.5) is 0 Å². The quantitative estimate of drug-likeness (QED) is 0.795. The molecule has 0 radical (unpaired) electrons. The second kappa shape index (κ2) is 5.71. The Morgan fingerprint density at radius 2 is 1.76 bits per heavy atom. The van der Waals surface area contributed by atoms with Gasteiger partial charge in [-0.2, -0.15) is 0 Å². The van der Waals surface area contributed by atoms with Crippen LogP contribution < -0.4 is 5.32 Å². The maximum absolute atomic E-state index is 3.52. The van der Waals surface area contributed by atoms with Crippen LogP contribution in [0.25, 0.3) is 0 Å². The highest BCUT2D eigenvalue weighted by Gasteiger charge is 2.32. The summed E-state index contributed by atoms with van der Waals surface area (Å²) in [7, 11) is 2.38. The summed E-state index contributed by atoms with van der Waals surface area (Å²) in [4.78, 5) is 2.72. The molecule has 2 nitrogen and oxygen atoms in total. The molecule has 100 valence electrons. The number of nitrogens with zero attached hydrogens (tertiary/aromatic N) is 1. The minimum atomic E-state index is 0.570. The van der Waals surface area contributed by atoms with E-state index in [0.29, 0.717) is 5.41 Å². The lowest BCUT2D eigenvalue weighted by Gasteiger charge is -2.42. The number of nitrogens with one attached hydrogen (secondary N) is 1. The molecule has 1 N–H and O–H groups in total. The average molecular weight is 238 g/mol. The molecule has 0 bridgehead atoms. The predicted molar refractivity (Wildman–Crippen MR) is 74.3 cm³/mol. The number of hydrogen-bond donors (Lipinski definition) is 1. The molecule has 2 rings (SSSR count). The zero-order valence-electron chi connectivity index (χ0n) is 12.0. The minimum absolute atomic E-state index is 0.570. The first kappa shape index (κ1) is 13.4. The van der Waals surface area contributed by atoms with Crippen LogP contribution in [0.5, 0.6) is 0 Å². The van der Waals surface area contributed by atoms with Crippen molar-refractivity contribution in [3.63, 3.8) is 0 Å². The van der Waals surface area contributed by atoms with Crippen LogP contribution in [0, 0.1) is 5.41 Å². The van der Waals surface area contributed by atoms with E-state index in [-0.39, 0.29) is 0 Å². The molecule has 0 amide bonds. The van der Waals surface area contributed by atoms with Gasteiger partial charge in [-0.3, -0.25) is 0 Å². The summed E-state index contributed by atoms with van der Waals surface area (Å²) in [5.74, 6) is 0. The normalized spacial score (nSPS) is 34.6. The minimum Gasteiger partial charge on any atom is -0.317 e. The number of hydrogen-bond acceptors (Lipinski definition) is 2. The highest BCUT2D eigenvalue weighted by Crippen LogP contribution is 2.37. The molecular weight excluding hydrogens is 208 g/mol. The molecular formula is C15H30N2. The fraction of sp³-hybridized carbons (Fsp3) is 1.00. The zero-order valence-corrected chi connectivity index (χ0v) is 12.0. The van der Waals surface area contributed by atoms with Crippen LogP contribution >= 0.6 is 0 Å². The second-order valence-corrected chi connectivity index (χ2v) is 6.91. The highest BCUT2D eigenvalue weighted by molar-refractivity contribution is 4.87. The Kier molecular flexibility index (Phi) is 4.48. The smallest absolute Gasteiger partial charge is 0.0108 e. The standard InChI is InChI=1S/C15H30N2/c1-15(2)9-4-6-14(12-15)17(3)13-7-5-10-16-11-8-13/h13-14,16H,4-12H2,1-3H3. The van der Waals surface area contributed by atoms with Crippen molar-refractivity contribution in [1.82, 2.24) is 10.2 Å². The topological polar surface area (TPSA) is 15.3 Å². The van der Waals surface area contributed by atoms with Crippen LogP contribution in [-0.2, 0) is 0 Å². The first-order valence-corrected chi connectivity index (χ1v) is 7.51. The van der Waals surface area contributed by atoms with E-state index in [4.69, 9.17) is 0 Å². The van der Waals surface area contributed by atoms with Crippen LogP contribution in [0.3, 0.4) is 0 Å². The van der Waals surface area contributed by atoms with Crippen LogP contribution in [0.2, 0.25) is 0 Å². The maximum atomic E-state index is 3.52. The molecule has 17 heavy (non-hydrogen) atoms. The lowest BCUT2D eigenvalue weighted by molar-refractivity contribution is 0.0776. The molecule has 1 aliphatic heterocycles. The summed E-state index contributed by atoms with van der Waals surface area (Å²) in [6, 6.07) is 1.66. The summed E-state index contributed by atoms with van der Waals surface area (Å²) in [5.41, 5.74) is 0.570. The third-order valence-electron chi connectivity index (χ3n) is 4.88. The summed E-state index contributed by atoms with van der Waals surface area (Å²) in [6.45, 7) is 7.33. The van der Waals surface area contributed by atoms with Gasteiger partial charge < -0.3 is 10.2 Å². The number of rotatable bonds is 2. The van der Waals surface area contributed by atoms with Gasteiger partial charge in [-0.15, -0.1) is 0 Å². The van der Waals surface area contributed by atoms with Crippen molar-refractivity contribution < 1.29 is 0 Å². The fourth-order valence-electron chi connectivity index (χ4n) is 3.71. The molecule has 2 fully saturated rings. The van der Waals surface area contributed by atoms with E-state index in [1.165, 1.54) is 58.0 Å². The molecule has 2 heteroatoms. The van der Waals surface area contributed by atoms with Crippen molar-refractivity contribution in [2.45, 2.75) is 70.9 Å². The van der Waals surface area contributed by atoms with Gasteiger partial charge in [-0.25, -0.2) is 0 Å². The molecule has 0 aromatic carbocycles. The van der Waals surface area contributed by atoms with Crippen LogP contribution in [-0.4, -0.2) is 37.1 Å². The van der Waals surface area contributed by atoms with Gasteiger partial charge in [-0.1, -0.05) is 20.3 Å². The molecule has 2 unspecified atom stereocenters. The van der Waals surface area contributed by atoms with E-state index in [0.717, 1.165) is 12.1 Å². The monoisotopic (exact) mass is 238 g/mol. The Hall–Kier alpha value is -0.0800. The largest absolute Gasteiger partial charge is 0.317 e. The third kappa shape index (κ3) is 3.69. The molecule has 1 heterocycles. The van der Waals surface area contributed by atoms with Crippen LogP contribution in [0.15, 0.2) is 0 Å². The van der Waals surface area contributed by atoms with Gasteiger partial charge in [0, 0.05) is 12.1 Å². The molecule has 1 aliphatic carbocycles. The van der Waals surface area contributed by atoms with Crippen molar-refractivity contribution in [3.05, 3.63) is 0 Å². The Labute approximate surface area is 107 Å². The molecule has 0 aromatic heterocycles. The Bertz CT molecular complexity index is 229. The van der Waals surface area contributed by atoms with Gasteiger partial charge >= 0.3 is 0 Å². The average Bonchev–Trinajstić information content (AvgIpc) is 2.55. The Morgan fingerprint density at radius 1 is 1.00 bits per heavy atom. The predicted octanol–water partition coefficient (Wildman–Crippen LogP) is 3.03. The van der Waals surface area contributed by atoms with Crippen molar-refractivity contribution in [2.75, 3.05) is 20.1 Å². The van der Waals surface area contributed by atoms with Crippen molar-refractivity contribution >= 4 is 0 Å². The summed E-state index contributed by atoms with van der Waals surface area (Å²) < 4.78 is 0.